The number of nitrogens with zero attached hydrogens (tertiary/aromatic N) is 2. The van der Waals surface area contributed by atoms with Crippen LogP contribution in [0.3, 0.4) is 0 Å². The third kappa shape index (κ3) is 9.99. The van der Waals surface area contributed by atoms with Gasteiger partial charge in [-0.2, -0.15) is 0 Å². The van der Waals surface area contributed by atoms with Gasteiger partial charge in [0.25, 0.3) is 10.0 Å². The predicted octanol–water partition coefficient (Wildman–Crippen LogP) is 8.05. The van der Waals surface area contributed by atoms with Gasteiger partial charge in [0, 0.05) is 24.5 Å². The Morgan fingerprint density at radius 3 is 1.98 bits per heavy atom. The van der Waals surface area contributed by atoms with Crippen LogP contribution in [0, 0.1) is 12.8 Å². The molecule has 0 aliphatic carbocycles. The smallest absolute Gasteiger partial charge is 0.264 e. The van der Waals surface area contributed by atoms with Gasteiger partial charge >= 0.3 is 0 Å². The number of nitrogens with one attached hydrogen (secondary N) is 1. The first-order valence-corrected chi connectivity index (χ1v) is 18.6. The van der Waals surface area contributed by atoms with Crippen LogP contribution >= 0.6 is 11.6 Å². The summed E-state index contributed by atoms with van der Waals surface area (Å²) in [6, 6.07) is 37.8. The van der Waals surface area contributed by atoms with Crippen molar-refractivity contribution in [3.63, 3.8) is 0 Å². The molecule has 51 heavy (non-hydrogen) atoms. The van der Waals surface area contributed by atoms with E-state index < -0.39 is 28.5 Å². The monoisotopic (exact) mass is 723 g/mol. The molecule has 5 aromatic rings. The second-order valence-corrected chi connectivity index (χ2v) is 15.0. The van der Waals surface area contributed by atoms with Gasteiger partial charge in [0.05, 0.1) is 10.6 Å². The van der Waals surface area contributed by atoms with E-state index in [9.17, 15) is 18.0 Å². The largest absolute Gasteiger partial charge is 0.457 e. The van der Waals surface area contributed by atoms with Gasteiger partial charge in [-0.15, -0.1) is 0 Å². The minimum Gasteiger partial charge on any atom is -0.457 e. The molecule has 1 N–H and O–H groups in total. The second kappa shape index (κ2) is 17.2. The lowest BCUT2D eigenvalue weighted by molar-refractivity contribution is -0.140. The SMILES string of the molecule is Cc1ccc(S(=O)(=O)N(CC(=O)N(Cc2ccccc2Cl)C(Cc2ccccc2)C(=O)NCC(C)C)c2ccc(Oc3ccccc3)cc2)cc1. The van der Waals surface area contributed by atoms with E-state index >= 15 is 0 Å². The summed E-state index contributed by atoms with van der Waals surface area (Å²) in [5.41, 5.74) is 2.61. The van der Waals surface area contributed by atoms with Gasteiger partial charge in [0.2, 0.25) is 11.8 Å². The van der Waals surface area contributed by atoms with Crippen LogP contribution in [0.15, 0.2) is 138 Å². The molecule has 0 heterocycles. The Labute approximate surface area is 305 Å². The topological polar surface area (TPSA) is 96.0 Å². The molecule has 0 spiro atoms. The summed E-state index contributed by atoms with van der Waals surface area (Å²) >= 11 is 6.60. The molecule has 10 heteroatoms. The van der Waals surface area contributed by atoms with Crippen LogP contribution in [0.2, 0.25) is 5.02 Å². The maximum atomic E-state index is 14.7. The molecule has 2 amide bonds. The quantitative estimate of drug-likeness (QED) is 0.118. The second-order valence-electron chi connectivity index (χ2n) is 12.7. The van der Waals surface area contributed by atoms with Crippen LogP contribution in [-0.2, 0) is 32.6 Å². The lowest BCUT2D eigenvalue weighted by Gasteiger charge is -2.34. The third-order valence-electron chi connectivity index (χ3n) is 8.25. The van der Waals surface area contributed by atoms with Crippen LogP contribution in [0.5, 0.6) is 11.5 Å². The fourth-order valence-corrected chi connectivity index (χ4v) is 7.07. The van der Waals surface area contributed by atoms with E-state index in [0.29, 0.717) is 28.6 Å². The number of carbonyl (C=O) groups is 2. The standard InChI is InChI=1S/C41H42ClN3O5S/c1-30(2)27-43-41(47)39(26-32-12-6-4-7-13-32)44(28-33-14-10-11-17-38(33)42)40(46)29-45(51(48,49)37-24-18-31(3)19-25-37)34-20-22-36(23-21-34)50-35-15-8-5-9-16-35/h4-25,30,39H,26-29H2,1-3H3,(H,43,47). The van der Waals surface area contributed by atoms with Crippen molar-refractivity contribution < 1.29 is 22.7 Å². The van der Waals surface area contributed by atoms with Gasteiger partial charge < -0.3 is 15.0 Å². The van der Waals surface area contributed by atoms with Crippen molar-refractivity contribution in [3.8, 4) is 11.5 Å². The highest BCUT2D eigenvalue weighted by Crippen LogP contribution is 2.29. The van der Waals surface area contributed by atoms with Crippen molar-refractivity contribution in [3.05, 3.63) is 155 Å². The number of ether oxygens (including phenoxy) is 1. The summed E-state index contributed by atoms with van der Waals surface area (Å²) < 4.78 is 35.8. The van der Waals surface area contributed by atoms with E-state index in [1.165, 1.54) is 17.0 Å². The molecule has 0 fully saturated rings. The van der Waals surface area contributed by atoms with Gasteiger partial charge in [0.1, 0.15) is 24.1 Å². The normalized spacial score (nSPS) is 11.9. The molecular weight excluding hydrogens is 682 g/mol. The van der Waals surface area contributed by atoms with Crippen molar-refractivity contribution in [2.45, 2.75) is 44.7 Å². The van der Waals surface area contributed by atoms with Crippen LogP contribution in [0.4, 0.5) is 5.69 Å². The van der Waals surface area contributed by atoms with Gasteiger partial charge in [-0.05, 0) is 78.6 Å². The molecule has 0 saturated heterocycles. The van der Waals surface area contributed by atoms with Crippen molar-refractivity contribution in [1.82, 2.24) is 10.2 Å². The zero-order valence-electron chi connectivity index (χ0n) is 28.9. The van der Waals surface area contributed by atoms with E-state index in [-0.39, 0.29) is 35.4 Å². The summed E-state index contributed by atoms with van der Waals surface area (Å²) in [6.07, 6.45) is 0.206. The minimum absolute atomic E-state index is 0.0205. The number of hydrogen-bond donors (Lipinski definition) is 1. The van der Waals surface area contributed by atoms with Crippen LogP contribution < -0.4 is 14.4 Å². The molecular formula is C41H42ClN3O5S. The Bertz CT molecular complexity index is 2010. The number of sulfonamides is 1. The molecule has 5 rings (SSSR count). The highest BCUT2D eigenvalue weighted by molar-refractivity contribution is 7.92. The highest BCUT2D eigenvalue weighted by atomic mass is 35.5. The van der Waals surface area contributed by atoms with Crippen molar-refractivity contribution in [2.24, 2.45) is 5.92 Å². The Balaban J connectivity index is 1.56. The van der Waals surface area contributed by atoms with E-state index in [1.54, 1.807) is 54.6 Å². The lowest BCUT2D eigenvalue weighted by Crippen LogP contribution is -2.53. The number of hydrogen-bond acceptors (Lipinski definition) is 5. The average molecular weight is 724 g/mol. The Hall–Kier alpha value is -5.12. The first kappa shape index (κ1) is 37.1. The number of anilines is 1. The lowest BCUT2D eigenvalue weighted by atomic mass is 10.0. The molecule has 0 bridgehead atoms. The van der Waals surface area contributed by atoms with Crippen LogP contribution in [-0.4, -0.2) is 44.3 Å². The van der Waals surface area contributed by atoms with Gasteiger partial charge in [-0.1, -0.05) is 110 Å². The maximum absolute atomic E-state index is 14.7. The summed E-state index contributed by atoms with van der Waals surface area (Å²) in [5, 5.41) is 3.42. The molecule has 0 radical (unpaired) electrons. The number of amides is 2. The third-order valence-corrected chi connectivity index (χ3v) is 10.4. The molecule has 5 aromatic carbocycles. The molecule has 1 atom stereocenters. The molecule has 264 valence electrons. The highest BCUT2D eigenvalue weighted by Gasteiger charge is 2.35. The summed E-state index contributed by atoms with van der Waals surface area (Å²) in [7, 11) is -4.26. The minimum atomic E-state index is -4.26. The Kier molecular flexibility index (Phi) is 12.5. The fourth-order valence-electron chi connectivity index (χ4n) is 5.46. The predicted molar refractivity (Wildman–Crippen MR) is 202 cm³/mol. The van der Waals surface area contributed by atoms with Crippen molar-refractivity contribution >= 4 is 39.1 Å². The number of para-hydroxylation sites is 1. The number of rotatable bonds is 15. The molecule has 1 unspecified atom stereocenters. The zero-order chi connectivity index (χ0) is 36.4. The maximum Gasteiger partial charge on any atom is 0.264 e. The number of aryl methyl sites for hydroxylation is 1. The first-order valence-electron chi connectivity index (χ1n) is 16.8. The van der Waals surface area contributed by atoms with Crippen molar-refractivity contribution in [2.75, 3.05) is 17.4 Å². The molecule has 0 aromatic heterocycles. The Morgan fingerprint density at radius 1 is 0.765 bits per heavy atom. The molecule has 0 aliphatic heterocycles. The van der Waals surface area contributed by atoms with Crippen LogP contribution in [0.25, 0.3) is 0 Å². The summed E-state index contributed by atoms with van der Waals surface area (Å²) in [5.74, 6) is 0.372. The van der Waals surface area contributed by atoms with Gasteiger partial charge in [-0.3, -0.25) is 13.9 Å². The number of carbonyl (C=O) groups excluding carboxylic acids is 2. The average Bonchev–Trinajstić information content (AvgIpc) is 3.13. The zero-order valence-corrected chi connectivity index (χ0v) is 30.5. The van der Waals surface area contributed by atoms with Gasteiger partial charge in [-0.25, -0.2) is 8.42 Å². The number of benzene rings is 5. The van der Waals surface area contributed by atoms with Crippen LogP contribution in [0.1, 0.15) is 30.5 Å². The van der Waals surface area contributed by atoms with E-state index in [2.05, 4.69) is 5.32 Å². The molecule has 0 aliphatic rings. The van der Waals surface area contributed by atoms with Gasteiger partial charge in [0.15, 0.2) is 0 Å². The summed E-state index contributed by atoms with van der Waals surface area (Å²) in [6.45, 7) is 5.65. The first-order chi connectivity index (χ1) is 24.5. The fraction of sp³-hybridized carbons (Fsp3) is 0.220. The van der Waals surface area contributed by atoms with E-state index in [4.69, 9.17) is 16.3 Å². The van der Waals surface area contributed by atoms with Crippen molar-refractivity contribution in [1.29, 1.82) is 0 Å². The molecule has 0 saturated carbocycles. The molecule has 8 nitrogen and oxygen atoms in total. The Morgan fingerprint density at radius 2 is 1.35 bits per heavy atom. The number of halogens is 1. The summed E-state index contributed by atoms with van der Waals surface area (Å²) in [4.78, 5) is 30.2. The van der Waals surface area contributed by atoms with E-state index in [0.717, 1.165) is 15.4 Å². The van der Waals surface area contributed by atoms with E-state index in [1.807, 2.05) is 87.5 Å².